The van der Waals surface area contributed by atoms with Crippen molar-refractivity contribution in [2.45, 2.75) is 6.42 Å². The van der Waals surface area contributed by atoms with Crippen LogP contribution in [0.3, 0.4) is 0 Å². The zero-order chi connectivity index (χ0) is 19.2. The van der Waals surface area contributed by atoms with E-state index in [1.165, 1.54) is 16.3 Å². The van der Waals surface area contributed by atoms with Crippen LogP contribution < -0.4 is 10.2 Å². The number of aliphatic imine (C=N–C) groups is 1. The van der Waals surface area contributed by atoms with E-state index in [1.54, 1.807) is 12.4 Å². The minimum Gasteiger partial charge on any atom is -0.356 e. The number of halogens is 1. The fraction of sp³-hybridized carbons (Fsp3) is 0.318. The fourth-order valence-corrected chi connectivity index (χ4v) is 3.72. The monoisotopic (exact) mass is 502 g/mol. The second kappa shape index (κ2) is 10.4. The Hall–Kier alpha value is -2.42. The molecule has 6 nitrogen and oxygen atoms in total. The molecule has 7 heteroatoms. The zero-order valence-electron chi connectivity index (χ0n) is 16.7. The Balaban J connectivity index is 0.00000240. The number of benzene rings is 2. The fourth-order valence-electron chi connectivity index (χ4n) is 3.72. The van der Waals surface area contributed by atoms with Gasteiger partial charge in [-0.25, -0.2) is 9.97 Å². The van der Waals surface area contributed by atoms with E-state index in [9.17, 15) is 0 Å². The Bertz CT molecular complexity index is 933. The number of guanidine groups is 1. The SMILES string of the molecule is CN=C(NCCc1cccc2ccccc12)N1CCN(c2ncccn2)CC1.I. The lowest BCUT2D eigenvalue weighted by atomic mass is 10.0. The van der Waals surface area contributed by atoms with Crippen LogP contribution in [0.1, 0.15) is 5.56 Å². The number of nitrogens with one attached hydrogen (secondary N) is 1. The molecule has 0 amide bonds. The molecule has 1 saturated heterocycles. The predicted molar refractivity (Wildman–Crippen MR) is 130 cm³/mol. The van der Waals surface area contributed by atoms with Crippen LogP contribution in [0.25, 0.3) is 10.8 Å². The second-order valence-electron chi connectivity index (χ2n) is 6.89. The zero-order valence-corrected chi connectivity index (χ0v) is 19.0. The van der Waals surface area contributed by atoms with Crippen molar-refractivity contribution in [2.75, 3.05) is 44.7 Å². The molecule has 0 aliphatic carbocycles. The van der Waals surface area contributed by atoms with Gasteiger partial charge in [-0.05, 0) is 28.8 Å². The first-order valence-electron chi connectivity index (χ1n) is 9.79. The number of rotatable bonds is 4. The molecule has 29 heavy (non-hydrogen) atoms. The third-order valence-corrected chi connectivity index (χ3v) is 5.18. The van der Waals surface area contributed by atoms with Crippen LogP contribution in [0.15, 0.2) is 65.9 Å². The highest BCUT2D eigenvalue weighted by Crippen LogP contribution is 2.18. The van der Waals surface area contributed by atoms with Gasteiger partial charge in [-0.2, -0.15) is 0 Å². The maximum absolute atomic E-state index is 4.48. The van der Waals surface area contributed by atoms with Crippen LogP contribution in [0.2, 0.25) is 0 Å². The summed E-state index contributed by atoms with van der Waals surface area (Å²) in [6.45, 7) is 4.48. The molecule has 0 saturated carbocycles. The Kier molecular flexibility index (Phi) is 7.62. The van der Waals surface area contributed by atoms with Crippen molar-refractivity contribution >= 4 is 46.7 Å². The van der Waals surface area contributed by atoms with Crippen molar-refractivity contribution in [1.29, 1.82) is 0 Å². The number of fused-ring (bicyclic) bond motifs is 1. The summed E-state index contributed by atoms with van der Waals surface area (Å²) in [6.07, 6.45) is 4.56. The number of hydrogen-bond donors (Lipinski definition) is 1. The van der Waals surface area contributed by atoms with Crippen LogP contribution in [0.5, 0.6) is 0 Å². The molecule has 0 radical (unpaired) electrons. The van der Waals surface area contributed by atoms with E-state index >= 15 is 0 Å². The van der Waals surface area contributed by atoms with Gasteiger partial charge in [0.15, 0.2) is 5.96 Å². The van der Waals surface area contributed by atoms with Crippen LogP contribution in [-0.4, -0.2) is 60.6 Å². The van der Waals surface area contributed by atoms with Gasteiger partial charge >= 0.3 is 0 Å². The third-order valence-electron chi connectivity index (χ3n) is 5.18. The molecule has 0 bridgehead atoms. The normalized spacial score (nSPS) is 14.6. The molecule has 2 aromatic carbocycles. The highest BCUT2D eigenvalue weighted by molar-refractivity contribution is 14.0. The number of anilines is 1. The minimum atomic E-state index is 0. The Morgan fingerprint density at radius 2 is 1.69 bits per heavy atom. The van der Waals surface area contributed by atoms with E-state index in [0.29, 0.717) is 0 Å². The summed E-state index contributed by atoms with van der Waals surface area (Å²) >= 11 is 0. The van der Waals surface area contributed by atoms with E-state index in [4.69, 9.17) is 0 Å². The Labute approximate surface area is 189 Å². The Morgan fingerprint density at radius 1 is 0.966 bits per heavy atom. The molecule has 1 N–H and O–H groups in total. The molecule has 152 valence electrons. The van der Waals surface area contributed by atoms with E-state index < -0.39 is 0 Å². The number of aromatic nitrogens is 2. The van der Waals surface area contributed by atoms with Crippen molar-refractivity contribution in [3.05, 3.63) is 66.5 Å². The summed E-state index contributed by atoms with van der Waals surface area (Å²) in [5, 5.41) is 6.16. The van der Waals surface area contributed by atoms with Crippen molar-refractivity contribution in [1.82, 2.24) is 20.2 Å². The molecular weight excluding hydrogens is 475 g/mol. The first-order valence-corrected chi connectivity index (χ1v) is 9.79. The molecule has 0 atom stereocenters. The third kappa shape index (κ3) is 5.14. The molecule has 1 fully saturated rings. The van der Waals surface area contributed by atoms with Crippen LogP contribution >= 0.6 is 24.0 Å². The molecule has 4 rings (SSSR count). The van der Waals surface area contributed by atoms with Gasteiger partial charge < -0.3 is 15.1 Å². The lowest BCUT2D eigenvalue weighted by Crippen LogP contribution is -2.53. The van der Waals surface area contributed by atoms with Gasteiger partial charge in [0.1, 0.15) is 0 Å². The summed E-state index contributed by atoms with van der Waals surface area (Å²) in [4.78, 5) is 17.7. The van der Waals surface area contributed by atoms with Gasteiger partial charge in [-0.1, -0.05) is 42.5 Å². The van der Waals surface area contributed by atoms with Gasteiger partial charge in [0, 0.05) is 52.2 Å². The average molecular weight is 502 g/mol. The maximum Gasteiger partial charge on any atom is 0.225 e. The van der Waals surface area contributed by atoms with E-state index in [-0.39, 0.29) is 24.0 Å². The lowest BCUT2D eigenvalue weighted by molar-refractivity contribution is 0.370. The number of hydrogen-bond acceptors (Lipinski definition) is 4. The highest BCUT2D eigenvalue weighted by Gasteiger charge is 2.20. The smallest absolute Gasteiger partial charge is 0.225 e. The van der Waals surface area contributed by atoms with Gasteiger partial charge in [0.25, 0.3) is 0 Å². The molecule has 0 spiro atoms. The van der Waals surface area contributed by atoms with Crippen LogP contribution in [0, 0.1) is 0 Å². The van der Waals surface area contributed by atoms with Crippen molar-refractivity contribution in [3.8, 4) is 0 Å². The van der Waals surface area contributed by atoms with Crippen molar-refractivity contribution in [2.24, 2.45) is 4.99 Å². The average Bonchev–Trinajstić information content (AvgIpc) is 2.78. The number of piperazine rings is 1. The number of nitrogens with zero attached hydrogens (tertiary/aromatic N) is 5. The van der Waals surface area contributed by atoms with Crippen molar-refractivity contribution in [3.63, 3.8) is 0 Å². The van der Waals surface area contributed by atoms with Gasteiger partial charge in [0.05, 0.1) is 0 Å². The molecule has 0 unspecified atom stereocenters. The van der Waals surface area contributed by atoms with Gasteiger partial charge in [0.2, 0.25) is 5.95 Å². The lowest BCUT2D eigenvalue weighted by Gasteiger charge is -2.36. The van der Waals surface area contributed by atoms with E-state index in [2.05, 4.69) is 72.5 Å². The molecule has 1 aliphatic rings. The second-order valence-corrected chi connectivity index (χ2v) is 6.89. The molecule has 1 aromatic heterocycles. The maximum atomic E-state index is 4.48. The molecular formula is C22H27IN6. The van der Waals surface area contributed by atoms with E-state index in [0.717, 1.165) is 51.1 Å². The van der Waals surface area contributed by atoms with Gasteiger partial charge in [-0.3, -0.25) is 4.99 Å². The van der Waals surface area contributed by atoms with E-state index in [1.807, 2.05) is 13.1 Å². The Morgan fingerprint density at radius 3 is 2.45 bits per heavy atom. The minimum absolute atomic E-state index is 0. The summed E-state index contributed by atoms with van der Waals surface area (Å²) in [5.74, 6) is 1.77. The molecule has 3 aromatic rings. The summed E-state index contributed by atoms with van der Waals surface area (Å²) < 4.78 is 0. The van der Waals surface area contributed by atoms with Gasteiger partial charge in [-0.15, -0.1) is 24.0 Å². The first kappa shape index (κ1) is 21.3. The largest absolute Gasteiger partial charge is 0.356 e. The highest BCUT2D eigenvalue weighted by atomic mass is 127. The summed E-state index contributed by atoms with van der Waals surface area (Å²) in [6, 6.07) is 16.9. The summed E-state index contributed by atoms with van der Waals surface area (Å²) in [5.41, 5.74) is 1.37. The standard InChI is InChI=1S/C22H26N6.HI/c1-23-21(27-14-16-28(17-15-27)22-24-11-5-12-25-22)26-13-10-19-8-4-7-18-6-2-3-9-20(18)19;/h2-9,11-12H,10,13-17H2,1H3,(H,23,26);1H. The molecule has 2 heterocycles. The predicted octanol–water partition coefficient (Wildman–Crippen LogP) is 3.19. The van der Waals surface area contributed by atoms with Crippen molar-refractivity contribution < 1.29 is 0 Å². The molecule has 1 aliphatic heterocycles. The topological polar surface area (TPSA) is 56.7 Å². The van der Waals surface area contributed by atoms with Crippen LogP contribution in [0.4, 0.5) is 5.95 Å². The summed E-state index contributed by atoms with van der Waals surface area (Å²) in [7, 11) is 1.85. The van der Waals surface area contributed by atoms with Crippen LogP contribution in [-0.2, 0) is 6.42 Å². The quantitative estimate of drug-likeness (QED) is 0.338. The first-order chi connectivity index (χ1) is 13.8.